The molecule has 0 aromatic rings. The van der Waals surface area contributed by atoms with Crippen LogP contribution in [0.4, 0.5) is 0 Å². The molecule has 0 aromatic carbocycles. The molecule has 0 bridgehead atoms. The summed E-state index contributed by atoms with van der Waals surface area (Å²) < 4.78 is 0. The highest BCUT2D eigenvalue weighted by Crippen LogP contribution is 2.21. The molecule has 1 rings (SSSR count). The van der Waals surface area contributed by atoms with Crippen molar-refractivity contribution in [3.05, 3.63) is 0 Å². The zero-order valence-corrected chi connectivity index (χ0v) is 8.40. The number of piperidine rings is 1. The van der Waals surface area contributed by atoms with Crippen LogP contribution in [-0.2, 0) is 0 Å². The predicted molar refractivity (Wildman–Crippen MR) is 53.1 cm³/mol. The molecule has 0 atom stereocenters. The van der Waals surface area contributed by atoms with Crippen molar-refractivity contribution in [3.8, 4) is 0 Å². The van der Waals surface area contributed by atoms with Crippen LogP contribution >= 0.6 is 0 Å². The molecule has 1 fully saturated rings. The third kappa shape index (κ3) is 4.07. The average Bonchev–Trinajstić information content (AvgIpc) is 2.02. The van der Waals surface area contributed by atoms with E-state index >= 15 is 0 Å². The molecular weight excluding hydrogens is 148 g/mol. The molecule has 12 heavy (non-hydrogen) atoms. The van der Waals surface area contributed by atoms with Gasteiger partial charge in [0.1, 0.15) is 0 Å². The van der Waals surface area contributed by atoms with E-state index in [0.717, 1.165) is 12.3 Å². The average molecular weight is 170 g/mol. The van der Waals surface area contributed by atoms with Crippen molar-refractivity contribution >= 4 is 0 Å². The number of hydrogen-bond acceptors (Lipinski definition) is 2. The Balaban J connectivity index is 2.13. The molecule has 1 aliphatic heterocycles. The number of nitrogens with one attached hydrogen (secondary N) is 1. The fourth-order valence-electron chi connectivity index (χ4n) is 1.75. The molecule has 72 valence electrons. The topological polar surface area (TPSA) is 38.0 Å². The summed E-state index contributed by atoms with van der Waals surface area (Å²) in [4.78, 5) is 0. The third-order valence-electron chi connectivity index (χ3n) is 2.66. The van der Waals surface area contributed by atoms with Crippen LogP contribution in [0, 0.1) is 5.92 Å². The fourth-order valence-corrected chi connectivity index (χ4v) is 1.75. The molecule has 1 heterocycles. The minimum atomic E-state index is 0.0326. The van der Waals surface area contributed by atoms with E-state index in [1.807, 2.05) is 0 Å². The van der Waals surface area contributed by atoms with Gasteiger partial charge in [-0.25, -0.2) is 0 Å². The molecule has 0 unspecified atom stereocenters. The lowest BCUT2D eigenvalue weighted by atomic mass is 9.88. The van der Waals surface area contributed by atoms with Gasteiger partial charge in [0.2, 0.25) is 0 Å². The standard InChI is InChI=1S/C10H22N2/c1-10(2,11)6-3-9-4-7-12-8-5-9/h9,12H,3-8,11H2,1-2H3. The summed E-state index contributed by atoms with van der Waals surface area (Å²) in [6.07, 6.45) is 5.16. The maximum absolute atomic E-state index is 5.94. The van der Waals surface area contributed by atoms with Gasteiger partial charge in [-0.15, -0.1) is 0 Å². The summed E-state index contributed by atoms with van der Waals surface area (Å²) in [6.45, 7) is 6.65. The van der Waals surface area contributed by atoms with E-state index in [-0.39, 0.29) is 5.54 Å². The van der Waals surface area contributed by atoms with Crippen molar-refractivity contribution < 1.29 is 0 Å². The van der Waals surface area contributed by atoms with E-state index in [2.05, 4.69) is 19.2 Å². The van der Waals surface area contributed by atoms with Crippen molar-refractivity contribution in [3.63, 3.8) is 0 Å². The molecule has 0 saturated carbocycles. The van der Waals surface area contributed by atoms with Crippen molar-refractivity contribution in [2.24, 2.45) is 11.7 Å². The maximum atomic E-state index is 5.94. The smallest absolute Gasteiger partial charge is 0.00971 e. The van der Waals surface area contributed by atoms with Gasteiger partial charge in [-0.05, 0) is 58.5 Å². The zero-order chi connectivity index (χ0) is 9.03. The molecule has 3 N–H and O–H groups in total. The molecule has 1 saturated heterocycles. The highest BCUT2D eigenvalue weighted by Gasteiger charge is 2.17. The second-order valence-electron chi connectivity index (χ2n) is 4.72. The first kappa shape index (κ1) is 10.0. The van der Waals surface area contributed by atoms with E-state index in [0.29, 0.717) is 0 Å². The molecule has 0 aromatic heterocycles. The van der Waals surface area contributed by atoms with E-state index in [1.165, 1.54) is 32.4 Å². The Labute approximate surface area is 75.9 Å². The summed E-state index contributed by atoms with van der Waals surface area (Å²) in [5.74, 6) is 0.925. The van der Waals surface area contributed by atoms with Crippen molar-refractivity contribution in [1.29, 1.82) is 0 Å². The molecule has 2 heteroatoms. The lowest BCUT2D eigenvalue weighted by Gasteiger charge is -2.26. The Morgan fingerprint density at radius 3 is 2.42 bits per heavy atom. The van der Waals surface area contributed by atoms with Crippen LogP contribution in [0.5, 0.6) is 0 Å². The van der Waals surface area contributed by atoms with Gasteiger partial charge in [-0.3, -0.25) is 0 Å². The highest BCUT2D eigenvalue weighted by molar-refractivity contribution is 4.76. The van der Waals surface area contributed by atoms with Crippen LogP contribution in [0.3, 0.4) is 0 Å². The quantitative estimate of drug-likeness (QED) is 0.673. The summed E-state index contributed by atoms with van der Waals surface area (Å²) in [5.41, 5.74) is 5.97. The van der Waals surface area contributed by atoms with Gasteiger partial charge in [0.25, 0.3) is 0 Å². The van der Waals surface area contributed by atoms with Gasteiger partial charge in [-0.2, -0.15) is 0 Å². The first-order valence-electron chi connectivity index (χ1n) is 5.07. The summed E-state index contributed by atoms with van der Waals surface area (Å²) in [5, 5.41) is 3.38. The fraction of sp³-hybridized carbons (Fsp3) is 1.00. The first-order chi connectivity index (χ1) is 5.58. The Hall–Kier alpha value is -0.0800. The van der Waals surface area contributed by atoms with Crippen molar-refractivity contribution in [2.75, 3.05) is 13.1 Å². The van der Waals surface area contributed by atoms with Crippen LogP contribution in [0.15, 0.2) is 0 Å². The normalized spacial score (nSPS) is 21.2. The number of nitrogens with two attached hydrogens (primary N) is 1. The lowest BCUT2D eigenvalue weighted by Crippen LogP contribution is -2.34. The monoisotopic (exact) mass is 170 g/mol. The van der Waals surface area contributed by atoms with Gasteiger partial charge in [-0.1, -0.05) is 0 Å². The largest absolute Gasteiger partial charge is 0.326 e. The van der Waals surface area contributed by atoms with Gasteiger partial charge in [0.05, 0.1) is 0 Å². The molecule has 0 aliphatic carbocycles. The molecule has 0 radical (unpaired) electrons. The molecule has 0 spiro atoms. The van der Waals surface area contributed by atoms with E-state index < -0.39 is 0 Å². The van der Waals surface area contributed by atoms with E-state index in [9.17, 15) is 0 Å². The molecule has 1 aliphatic rings. The Morgan fingerprint density at radius 2 is 1.92 bits per heavy atom. The minimum Gasteiger partial charge on any atom is -0.326 e. The van der Waals surface area contributed by atoms with Crippen LogP contribution < -0.4 is 11.1 Å². The summed E-state index contributed by atoms with van der Waals surface area (Å²) in [7, 11) is 0. The second-order valence-corrected chi connectivity index (χ2v) is 4.72. The number of rotatable bonds is 3. The molecule has 0 amide bonds. The van der Waals surface area contributed by atoms with Gasteiger partial charge >= 0.3 is 0 Å². The predicted octanol–water partition coefficient (Wildman–Crippen LogP) is 1.50. The second kappa shape index (κ2) is 4.24. The third-order valence-corrected chi connectivity index (χ3v) is 2.66. The SMILES string of the molecule is CC(C)(N)CCC1CCNCC1. The molecular formula is C10H22N2. The summed E-state index contributed by atoms with van der Waals surface area (Å²) >= 11 is 0. The first-order valence-corrected chi connectivity index (χ1v) is 5.07. The molecule has 2 nitrogen and oxygen atoms in total. The van der Waals surface area contributed by atoms with Crippen molar-refractivity contribution in [1.82, 2.24) is 5.32 Å². The van der Waals surface area contributed by atoms with E-state index in [1.54, 1.807) is 0 Å². The zero-order valence-electron chi connectivity index (χ0n) is 8.40. The van der Waals surface area contributed by atoms with Crippen LogP contribution in [0.1, 0.15) is 39.5 Å². The minimum absolute atomic E-state index is 0.0326. The van der Waals surface area contributed by atoms with Crippen molar-refractivity contribution in [2.45, 2.75) is 45.1 Å². The maximum Gasteiger partial charge on any atom is 0.00971 e. The Morgan fingerprint density at radius 1 is 1.33 bits per heavy atom. The van der Waals surface area contributed by atoms with Crippen LogP contribution in [-0.4, -0.2) is 18.6 Å². The Bertz CT molecular complexity index is 120. The van der Waals surface area contributed by atoms with Crippen LogP contribution in [0.25, 0.3) is 0 Å². The van der Waals surface area contributed by atoms with Gasteiger partial charge in [0.15, 0.2) is 0 Å². The lowest BCUT2D eigenvalue weighted by molar-refractivity contribution is 0.315. The van der Waals surface area contributed by atoms with Gasteiger partial charge < -0.3 is 11.1 Å². The van der Waals surface area contributed by atoms with Gasteiger partial charge in [0, 0.05) is 5.54 Å². The van der Waals surface area contributed by atoms with Crippen LogP contribution in [0.2, 0.25) is 0 Å². The highest BCUT2D eigenvalue weighted by atomic mass is 14.9. The number of hydrogen-bond donors (Lipinski definition) is 2. The Kier molecular flexibility index (Phi) is 3.53. The summed E-state index contributed by atoms with van der Waals surface area (Å²) in [6, 6.07) is 0. The van der Waals surface area contributed by atoms with E-state index in [4.69, 9.17) is 5.73 Å².